The monoisotopic (exact) mass is 361 g/mol. The third kappa shape index (κ3) is 4.25. The van der Waals surface area contributed by atoms with Gasteiger partial charge in [-0.3, -0.25) is 9.69 Å². The number of nitrogens with zero attached hydrogens (tertiary/aromatic N) is 1. The molecule has 1 aliphatic heterocycles. The molecule has 6 heteroatoms. The van der Waals surface area contributed by atoms with Gasteiger partial charge in [0.05, 0.1) is 12.2 Å². The van der Waals surface area contributed by atoms with Crippen LogP contribution in [-0.2, 0) is 23.8 Å². The van der Waals surface area contributed by atoms with Crippen LogP contribution in [0.15, 0.2) is 36.1 Å². The zero-order chi connectivity index (χ0) is 19.2. The Morgan fingerprint density at radius 3 is 2.58 bits per heavy atom. The third-order valence-electron chi connectivity index (χ3n) is 4.35. The van der Waals surface area contributed by atoms with Crippen LogP contribution >= 0.6 is 0 Å². The van der Waals surface area contributed by atoms with E-state index >= 15 is 0 Å². The van der Waals surface area contributed by atoms with Crippen molar-refractivity contribution in [2.75, 3.05) is 27.1 Å². The first-order valence-electron chi connectivity index (χ1n) is 8.83. The molecule has 1 heterocycles. The number of carbonyl (C=O) groups is 2. The van der Waals surface area contributed by atoms with E-state index in [1.54, 1.807) is 21.0 Å². The van der Waals surface area contributed by atoms with Gasteiger partial charge in [0.2, 0.25) is 0 Å². The summed E-state index contributed by atoms with van der Waals surface area (Å²) in [6.07, 6.45) is 1.72. The Labute approximate surface area is 154 Å². The molecule has 0 aliphatic carbocycles. The Kier molecular flexibility index (Phi) is 6.80. The highest BCUT2D eigenvalue weighted by Crippen LogP contribution is 2.31. The molecule has 142 valence electrons. The maximum Gasteiger partial charge on any atom is 0.331 e. The summed E-state index contributed by atoms with van der Waals surface area (Å²) in [5, 5.41) is 0. The first-order valence-corrected chi connectivity index (χ1v) is 8.83. The highest BCUT2D eigenvalue weighted by atomic mass is 16.5. The van der Waals surface area contributed by atoms with Gasteiger partial charge >= 0.3 is 5.97 Å². The third-order valence-corrected chi connectivity index (χ3v) is 4.35. The molecule has 0 N–H and O–H groups in total. The van der Waals surface area contributed by atoms with Crippen molar-refractivity contribution in [2.45, 2.75) is 39.2 Å². The second-order valence-electron chi connectivity index (χ2n) is 6.65. The average molecular weight is 361 g/mol. The minimum absolute atomic E-state index is 0.0241. The van der Waals surface area contributed by atoms with Gasteiger partial charge in [0.1, 0.15) is 17.9 Å². The van der Waals surface area contributed by atoms with E-state index < -0.39 is 11.5 Å². The van der Waals surface area contributed by atoms with Gasteiger partial charge in [-0.05, 0) is 25.8 Å². The van der Waals surface area contributed by atoms with Gasteiger partial charge in [-0.2, -0.15) is 0 Å². The Morgan fingerprint density at radius 2 is 1.96 bits per heavy atom. The van der Waals surface area contributed by atoms with E-state index in [-0.39, 0.29) is 19.2 Å². The van der Waals surface area contributed by atoms with Crippen molar-refractivity contribution in [3.8, 4) is 0 Å². The Hall–Kier alpha value is -2.34. The van der Waals surface area contributed by atoms with E-state index in [4.69, 9.17) is 14.2 Å². The molecule has 26 heavy (non-hydrogen) atoms. The standard InChI is InChI=1S/C20H27NO5/c1-5-6-12-25-19(23)20(2,3)21-14-26-16(13-24-4)17(18(21)22)15-10-8-7-9-11-15/h7-11H,5-6,12-14H2,1-4H3. The SMILES string of the molecule is CCCCOC(=O)C(C)(C)N1COC(COC)=C(c2ccccc2)C1=O. The first-order chi connectivity index (χ1) is 12.4. The van der Waals surface area contributed by atoms with Gasteiger partial charge in [0.25, 0.3) is 5.91 Å². The molecular weight excluding hydrogens is 334 g/mol. The summed E-state index contributed by atoms with van der Waals surface area (Å²) in [6.45, 7) is 5.88. The molecule has 0 spiro atoms. The number of hydrogen-bond donors (Lipinski definition) is 0. The van der Waals surface area contributed by atoms with E-state index in [2.05, 4.69) is 0 Å². The smallest absolute Gasteiger partial charge is 0.331 e. The summed E-state index contributed by atoms with van der Waals surface area (Å²) in [6, 6.07) is 9.25. The van der Waals surface area contributed by atoms with Crippen LogP contribution < -0.4 is 0 Å². The number of esters is 1. The first kappa shape index (κ1) is 20.0. The fraction of sp³-hybridized carbons (Fsp3) is 0.500. The Balaban J connectivity index is 2.30. The molecule has 1 aromatic rings. The Morgan fingerprint density at radius 1 is 1.27 bits per heavy atom. The fourth-order valence-corrected chi connectivity index (χ4v) is 2.67. The molecular formula is C20H27NO5. The van der Waals surface area contributed by atoms with Crippen molar-refractivity contribution in [3.63, 3.8) is 0 Å². The van der Waals surface area contributed by atoms with E-state index in [0.717, 1.165) is 18.4 Å². The highest BCUT2D eigenvalue weighted by Gasteiger charge is 2.43. The van der Waals surface area contributed by atoms with Crippen molar-refractivity contribution >= 4 is 17.4 Å². The molecule has 1 aromatic carbocycles. The average Bonchev–Trinajstić information content (AvgIpc) is 2.62. The van der Waals surface area contributed by atoms with E-state index in [9.17, 15) is 9.59 Å². The van der Waals surface area contributed by atoms with Gasteiger partial charge in [0, 0.05) is 7.11 Å². The maximum atomic E-state index is 13.2. The second-order valence-corrected chi connectivity index (χ2v) is 6.65. The number of rotatable bonds is 8. The lowest BCUT2D eigenvalue weighted by atomic mass is 9.97. The normalized spacial score (nSPS) is 15.1. The molecule has 1 amide bonds. The second kappa shape index (κ2) is 8.85. The van der Waals surface area contributed by atoms with Gasteiger partial charge in [-0.1, -0.05) is 43.7 Å². The number of benzene rings is 1. The van der Waals surface area contributed by atoms with Crippen LogP contribution in [0.5, 0.6) is 0 Å². The van der Waals surface area contributed by atoms with Crippen LogP contribution in [0.3, 0.4) is 0 Å². The number of methoxy groups -OCH3 is 1. The van der Waals surface area contributed by atoms with E-state index in [1.165, 1.54) is 4.90 Å². The van der Waals surface area contributed by atoms with Crippen molar-refractivity contribution in [3.05, 3.63) is 41.7 Å². The molecule has 6 nitrogen and oxygen atoms in total. The van der Waals surface area contributed by atoms with Crippen LogP contribution in [0.4, 0.5) is 0 Å². The minimum atomic E-state index is -1.14. The van der Waals surface area contributed by atoms with E-state index in [1.807, 2.05) is 37.3 Å². The molecule has 1 aliphatic rings. The van der Waals surface area contributed by atoms with Crippen LogP contribution in [-0.4, -0.2) is 49.4 Å². The summed E-state index contributed by atoms with van der Waals surface area (Å²) in [5.41, 5.74) is 0.00115. The molecule has 0 aromatic heterocycles. The number of carbonyl (C=O) groups excluding carboxylic acids is 2. The summed E-state index contributed by atoms with van der Waals surface area (Å²) < 4.78 is 16.3. The van der Waals surface area contributed by atoms with Gasteiger partial charge in [0.15, 0.2) is 6.73 Å². The summed E-state index contributed by atoms with van der Waals surface area (Å²) in [7, 11) is 1.55. The lowest BCUT2D eigenvalue weighted by Crippen LogP contribution is -2.56. The van der Waals surface area contributed by atoms with Crippen molar-refractivity contribution < 1.29 is 23.8 Å². The van der Waals surface area contributed by atoms with Gasteiger partial charge in [-0.25, -0.2) is 4.79 Å². The molecule has 0 fully saturated rings. The fourth-order valence-electron chi connectivity index (χ4n) is 2.67. The molecule has 0 unspecified atom stereocenters. The molecule has 0 radical (unpaired) electrons. The van der Waals surface area contributed by atoms with Crippen molar-refractivity contribution in [1.29, 1.82) is 0 Å². The van der Waals surface area contributed by atoms with E-state index in [0.29, 0.717) is 17.9 Å². The predicted molar refractivity (Wildman–Crippen MR) is 98.0 cm³/mol. The number of amides is 1. The number of hydrogen-bond acceptors (Lipinski definition) is 5. The lowest BCUT2D eigenvalue weighted by molar-refractivity contribution is -0.166. The van der Waals surface area contributed by atoms with Crippen LogP contribution in [0.2, 0.25) is 0 Å². The maximum absolute atomic E-state index is 13.2. The Bertz CT molecular complexity index is 666. The minimum Gasteiger partial charge on any atom is -0.474 e. The van der Waals surface area contributed by atoms with Crippen LogP contribution in [0.1, 0.15) is 39.2 Å². The summed E-state index contributed by atoms with van der Waals surface area (Å²) in [4.78, 5) is 27.1. The molecule has 0 atom stereocenters. The molecule has 0 saturated heterocycles. The topological polar surface area (TPSA) is 65.1 Å². The number of ether oxygens (including phenoxy) is 3. The quantitative estimate of drug-likeness (QED) is 0.526. The van der Waals surface area contributed by atoms with Crippen LogP contribution in [0.25, 0.3) is 5.57 Å². The zero-order valence-electron chi connectivity index (χ0n) is 15.9. The summed E-state index contributed by atoms with van der Waals surface area (Å²) in [5.74, 6) is -0.243. The van der Waals surface area contributed by atoms with Gasteiger partial charge < -0.3 is 14.2 Å². The predicted octanol–water partition coefficient (Wildman–Crippen LogP) is 2.98. The largest absolute Gasteiger partial charge is 0.474 e. The highest BCUT2D eigenvalue weighted by molar-refractivity contribution is 6.21. The molecule has 2 rings (SSSR count). The number of unbranched alkanes of at least 4 members (excludes halogenated alkanes) is 1. The zero-order valence-corrected chi connectivity index (χ0v) is 15.9. The van der Waals surface area contributed by atoms with Crippen molar-refractivity contribution in [1.82, 2.24) is 4.90 Å². The molecule has 0 bridgehead atoms. The summed E-state index contributed by atoms with van der Waals surface area (Å²) >= 11 is 0. The van der Waals surface area contributed by atoms with Gasteiger partial charge in [-0.15, -0.1) is 0 Å². The van der Waals surface area contributed by atoms with Crippen molar-refractivity contribution in [2.24, 2.45) is 0 Å². The molecule has 0 saturated carbocycles. The van der Waals surface area contributed by atoms with Crippen LogP contribution in [0, 0.1) is 0 Å². The lowest BCUT2D eigenvalue weighted by Gasteiger charge is -2.39.